The molecule has 0 aliphatic carbocycles. The summed E-state index contributed by atoms with van der Waals surface area (Å²) in [5, 5.41) is 9.91. The van der Waals surface area contributed by atoms with Crippen LogP contribution >= 0.6 is 0 Å². The van der Waals surface area contributed by atoms with Gasteiger partial charge in [0.1, 0.15) is 11.3 Å². The number of hydrogen-bond acceptors (Lipinski definition) is 3. The van der Waals surface area contributed by atoms with Crippen molar-refractivity contribution in [3.63, 3.8) is 0 Å². The lowest BCUT2D eigenvalue weighted by Crippen LogP contribution is -2.13. The molecule has 0 amide bonds. The zero-order valence-electron chi connectivity index (χ0n) is 8.03. The lowest BCUT2D eigenvalue weighted by molar-refractivity contribution is 0.254. The fourth-order valence-corrected chi connectivity index (χ4v) is 1.43. The van der Waals surface area contributed by atoms with E-state index in [1.54, 1.807) is 0 Å². The molecule has 0 aliphatic rings. The predicted octanol–water partition coefficient (Wildman–Crippen LogP) is 1.73. The van der Waals surface area contributed by atoms with Gasteiger partial charge in [0.25, 0.3) is 0 Å². The van der Waals surface area contributed by atoms with Crippen LogP contribution in [0.4, 0.5) is 0 Å². The molecule has 14 heavy (non-hydrogen) atoms. The molecule has 3 nitrogen and oxygen atoms in total. The third-order valence-corrected chi connectivity index (χ3v) is 2.26. The number of nitrogens with two attached hydrogens (primary N) is 1. The summed E-state index contributed by atoms with van der Waals surface area (Å²) in [6.45, 7) is 1.91. The number of aryl methyl sites for hydroxylation is 1. The minimum absolute atomic E-state index is 0.0984. The maximum Gasteiger partial charge on any atom is 0.134 e. The summed E-state index contributed by atoms with van der Waals surface area (Å²) in [5.41, 5.74) is 7.62. The second kappa shape index (κ2) is 3.44. The summed E-state index contributed by atoms with van der Waals surface area (Å²) in [6.07, 6.45) is 0. The predicted molar refractivity (Wildman–Crippen MR) is 55.0 cm³/mol. The molecule has 3 heteroatoms. The van der Waals surface area contributed by atoms with E-state index < -0.39 is 6.04 Å². The van der Waals surface area contributed by atoms with Crippen LogP contribution in [-0.4, -0.2) is 11.7 Å². The topological polar surface area (TPSA) is 59.4 Å². The first-order valence-electron chi connectivity index (χ1n) is 4.57. The normalized spacial score (nSPS) is 13.4. The molecule has 0 aliphatic heterocycles. The van der Waals surface area contributed by atoms with Gasteiger partial charge >= 0.3 is 0 Å². The summed E-state index contributed by atoms with van der Waals surface area (Å²) in [7, 11) is 0. The van der Waals surface area contributed by atoms with Crippen molar-refractivity contribution in [1.29, 1.82) is 0 Å². The largest absolute Gasteiger partial charge is 0.459 e. The summed E-state index contributed by atoms with van der Waals surface area (Å²) in [6, 6.07) is 7.41. The molecular formula is C11H13NO2. The van der Waals surface area contributed by atoms with E-state index in [-0.39, 0.29) is 6.61 Å². The molecule has 0 bridgehead atoms. The Morgan fingerprint density at radius 1 is 1.43 bits per heavy atom. The highest BCUT2D eigenvalue weighted by molar-refractivity contribution is 5.78. The van der Waals surface area contributed by atoms with E-state index in [0.29, 0.717) is 5.76 Å². The number of benzene rings is 1. The number of furan rings is 1. The fraction of sp³-hybridized carbons (Fsp3) is 0.273. The van der Waals surface area contributed by atoms with Crippen LogP contribution in [0.2, 0.25) is 0 Å². The van der Waals surface area contributed by atoms with Crippen LogP contribution < -0.4 is 5.73 Å². The van der Waals surface area contributed by atoms with Crippen LogP contribution in [0.5, 0.6) is 0 Å². The molecule has 0 radical (unpaired) electrons. The van der Waals surface area contributed by atoms with Crippen LogP contribution in [0, 0.1) is 6.92 Å². The summed E-state index contributed by atoms with van der Waals surface area (Å²) >= 11 is 0. The number of fused-ring (bicyclic) bond motifs is 1. The van der Waals surface area contributed by atoms with Gasteiger partial charge in [-0.3, -0.25) is 0 Å². The number of rotatable bonds is 2. The Morgan fingerprint density at radius 3 is 2.93 bits per heavy atom. The molecule has 0 fully saturated rings. The first kappa shape index (κ1) is 9.24. The zero-order chi connectivity index (χ0) is 10.1. The standard InChI is InChI=1S/C11H13NO2/c1-7-2-3-8-5-11(9(12)6-13)14-10(8)4-7/h2-5,9,13H,6,12H2,1H3/t9-/m1/s1. The SMILES string of the molecule is Cc1ccc2cc([C@H](N)CO)oc2c1. The van der Waals surface area contributed by atoms with Crippen molar-refractivity contribution in [3.8, 4) is 0 Å². The second-order valence-corrected chi connectivity index (χ2v) is 3.48. The third kappa shape index (κ3) is 1.52. The van der Waals surface area contributed by atoms with Crippen molar-refractivity contribution in [2.45, 2.75) is 13.0 Å². The second-order valence-electron chi connectivity index (χ2n) is 3.48. The maximum absolute atomic E-state index is 8.88. The van der Waals surface area contributed by atoms with Gasteiger partial charge in [-0.05, 0) is 24.6 Å². The van der Waals surface area contributed by atoms with Crippen LogP contribution in [0.25, 0.3) is 11.0 Å². The Hall–Kier alpha value is -1.32. The highest BCUT2D eigenvalue weighted by Gasteiger charge is 2.10. The van der Waals surface area contributed by atoms with Gasteiger partial charge in [0.15, 0.2) is 0 Å². The maximum atomic E-state index is 8.88. The summed E-state index contributed by atoms with van der Waals surface area (Å²) in [4.78, 5) is 0. The van der Waals surface area contributed by atoms with Gasteiger partial charge in [0, 0.05) is 5.39 Å². The van der Waals surface area contributed by atoms with Crippen LogP contribution in [0.15, 0.2) is 28.7 Å². The minimum Gasteiger partial charge on any atom is -0.459 e. The monoisotopic (exact) mass is 191 g/mol. The van der Waals surface area contributed by atoms with Crippen LogP contribution in [0.3, 0.4) is 0 Å². The number of aliphatic hydroxyl groups excluding tert-OH is 1. The van der Waals surface area contributed by atoms with E-state index in [4.69, 9.17) is 15.3 Å². The Labute approximate surface area is 82.1 Å². The Bertz CT molecular complexity index is 447. The number of aliphatic hydroxyl groups is 1. The third-order valence-electron chi connectivity index (χ3n) is 2.26. The van der Waals surface area contributed by atoms with Gasteiger partial charge in [0.2, 0.25) is 0 Å². The highest BCUT2D eigenvalue weighted by Crippen LogP contribution is 2.23. The molecule has 1 aromatic carbocycles. The van der Waals surface area contributed by atoms with E-state index in [1.807, 2.05) is 31.2 Å². The Kier molecular flexibility index (Phi) is 2.27. The van der Waals surface area contributed by atoms with Gasteiger partial charge in [0.05, 0.1) is 12.6 Å². The fourth-order valence-electron chi connectivity index (χ4n) is 1.43. The molecule has 0 saturated carbocycles. The van der Waals surface area contributed by atoms with Gasteiger partial charge < -0.3 is 15.3 Å². The molecule has 3 N–H and O–H groups in total. The smallest absolute Gasteiger partial charge is 0.134 e. The molecular weight excluding hydrogens is 178 g/mol. The first-order valence-corrected chi connectivity index (χ1v) is 4.57. The van der Waals surface area contributed by atoms with Crippen LogP contribution in [0.1, 0.15) is 17.4 Å². The molecule has 74 valence electrons. The lowest BCUT2D eigenvalue weighted by Gasteiger charge is -2.01. The van der Waals surface area contributed by atoms with E-state index in [9.17, 15) is 0 Å². The van der Waals surface area contributed by atoms with E-state index >= 15 is 0 Å². The van der Waals surface area contributed by atoms with E-state index in [0.717, 1.165) is 16.5 Å². The van der Waals surface area contributed by atoms with Crippen molar-refractivity contribution in [2.24, 2.45) is 5.73 Å². The minimum atomic E-state index is -0.428. The van der Waals surface area contributed by atoms with Crippen LogP contribution in [-0.2, 0) is 0 Å². The van der Waals surface area contributed by atoms with Gasteiger partial charge in [-0.1, -0.05) is 12.1 Å². The molecule has 0 saturated heterocycles. The average Bonchev–Trinajstić information content (AvgIpc) is 2.59. The van der Waals surface area contributed by atoms with Gasteiger partial charge in [-0.25, -0.2) is 0 Å². The Balaban J connectivity index is 2.51. The van der Waals surface area contributed by atoms with E-state index in [1.165, 1.54) is 0 Å². The van der Waals surface area contributed by atoms with E-state index in [2.05, 4.69) is 0 Å². The van der Waals surface area contributed by atoms with Crippen molar-refractivity contribution in [2.75, 3.05) is 6.61 Å². The highest BCUT2D eigenvalue weighted by atomic mass is 16.3. The summed E-state index contributed by atoms with van der Waals surface area (Å²) < 4.78 is 5.52. The molecule has 1 atom stereocenters. The molecule has 2 aromatic rings. The zero-order valence-corrected chi connectivity index (χ0v) is 8.03. The van der Waals surface area contributed by atoms with Gasteiger partial charge in [-0.2, -0.15) is 0 Å². The first-order chi connectivity index (χ1) is 6.70. The van der Waals surface area contributed by atoms with Crippen molar-refractivity contribution in [3.05, 3.63) is 35.6 Å². The van der Waals surface area contributed by atoms with Crippen molar-refractivity contribution < 1.29 is 9.52 Å². The Morgan fingerprint density at radius 2 is 2.21 bits per heavy atom. The molecule has 0 spiro atoms. The quantitative estimate of drug-likeness (QED) is 0.760. The van der Waals surface area contributed by atoms with Crippen molar-refractivity contribution in [1.82, 2.24) is 0 Å². The van der Waals surface area contributed by atoms with Crippen molar-refractivity contribution >= 4 is 11.0 Å². The average molecular weight is 191 g/mol. The number of hydrogen-bond donors (Lipinski definition) is 2. The molecule has 1 aromatic heterocycles. The molecule has 1 heterocycles. The molecule has 0 unspecified atom stereocenters. The molecule has 2 rings (SSSR count). The lowest BCUT2D eigenvalue weighted by atomic mass is 10.2. The summed E-state index contributed by atoms with van der Waals surface area (Å²) in [5.74, 6) is 0.633. The van der Waals surface area contributed by atoms with Gasteiger partial charge in [-0.15, -0.1) is 0 Å².